The zero-order valence-corrected chi connectivity index (χ0v) is 15.2. The van der Waals surface area contributed by atoms with Gasteiger partial charge in [0, 0.05) is 26.2 Å². The Morgan fingerprint density at radius 1 is 0.958 bits per heavy atom. The maximum absolute atomic E-state index is 12.2. The molecule has 3 fully saturated rings. The molecule has 1 amide bonds. The van der Waals surface area contributed by atoms with Gasteiger partial charge in [-0.1, -0.05) is 12.8 Å². The third kappa shape index (κ3) is 6.01. The Bertz CT molecular complexity index is 377. The smallest absolute Gasteiger partial charge is 0.234 e. The predicted octanol–water partition coefficient (Wildman–Crippen LogP) is 1.87. The van der Waals surface area contributed by atoms with Crippen molar-refractivity contribution in [1.82, 2.24) is 15.1 Å². The summed E-state index contributed by atoms with van der Waals surface area (Å²) in [6, 6.07) is 0. The van der Waals surface area contributed by atoms with Gasteiger partial charge in [-0.3, -0.25) is 9.69 Å². The summed E-state index contributed by atoms with van der Waals surface area (Å²) in [4.78, 5) is 17.2. The zero-order valence-electron chi connectivity index (χ0n) is 15.2. The van der Waals surface area contributed by atoms with E-state index in [9.17, 15) is 4.79 Å². The average Bonchev–Trinajstić information content (AvgIpc) is 2.97. The molecule has 138 valence electrons. The Balaban J connectivity index is 1.35. The van der Waals surface area contributed by atoms with Gasteiger partial charge in [-0.25, -0.2) is 0 Å². The van der Waals surface area contributed by atoms with Gasteiger partial charge in [0.25, 0.3) is 0 Å². The second-order valence-electron chi connectivity index (χ2n) is 7.90. The van der Waals surface area contributed by atoms with Crippen molar-refractivity contribution >= 4 is 5.91 Å². The average molecular weight is 338 g/mol. The Kier molecular flexibility index (Phi) is 7.36. The highest BCUT2D eigenvalue weighted by molar-refractivity contribution is 5.78. The first-order valence-electron chi connectivity index (χ1n) is 10.1. The number of nitrogens with one attached hydrogen (secondary N) is 1. The van der Waals surface area contributed by atoms with Gasteiger partial charge in [0.1, 0.15) is 0 Å². The highest BCUT2D eigenvalue weighted by Crippen LogP contribution is 2.19. The molecule has 0 aromatic heterocycles. The lowest BCUT2D eigenvalue weighted by atomic mass is 9.97. The van der Waals surface area contributed by atoms with E-state index >= 15 is 0 Å². The first kappa shape index (κ1) is 18.2. The van der Waals surface area contributed by atoms with Crippen LogP contribution >= 0.6 is 0 Å². The van der Waals surface area contributed by atoms with E-state index in [1.807, 2.05) is 0 Å². The van der Waals surface area contributed by atoms with Crippen LogP contribution in [0.4, 0.5) is 0 Å². The molecular formula is C19H35N3O2. The second-order valence-corrected chi connectivity index (χ2v) is 7.90. The van der Waals surface area contributed by atoms with Crippen LogP contribution in [0.15, 0.2) is 0 Å². The van der Waals surface area contributed by atoms with Gasteiger partial charge >= 0.3 is 0 Å². The molecule has 0 aromatic carbocycles. The molecule has 1 N–H and O–H groups in total. The van der Waals surface area contributed by atoms with Crippen LogP contribution in [0.2, 0.25) is 0 Å². The molecule has 0 unspecified atom stereocenters. The van der Waals surface area contributed by atoms with Crippen LogP contribution in [0.1, 0.15) is 51.4 Å². The summed E-state index contributed by atoms with van der Waals surface area (Å²) in [5, 5.41) is 3.06. The molecule has 3 aliphatic heterocycles. The van der Waals surface area contributed by atoms with E-state index in [1.54, 1.807) is 0 Å². The van der Waals surface area contributed by atoms with Crippen LogP contribution in [0, 0.1) is 5.92 Å². The molecular weight excluding hydrogens is 302 g/mol. The molecule has 0 aromatic rings. The van der Waals surface area contributed by atoms with Crippen molar-refractivity contribution in [2.45, 2.75) is 57.5 Å². The van der Waals surface area contributed by atoms with Crippen LogP contribution in [0.3, 0.4) is 0 Å². The lowest BCUT2D eigenvalue weighted by molar-refractivity contribution is -0.123. The van der Waals surface area contributed by atoms with E-state index in [0.29, 0.717) is 13.1 Å². The monoisotopic (exact) mass is 337 g/mol. The van der Waals surface area contributed by atoms with Crippen molar-refractivity contribution in [3.63, 3.8) is 0 Å². The quantitative estimate of drug-likeness (QED) is 0.804. The number of hydrogen-bond acceptors (Lipinski definition) is 4. The fraction of sp³-hybridized carbons (Fsp3) is 0.947. The molecule has 3 aliphatic rings. The fourth-order valence-corrected chi connectivity index (χ4v) is 4.42. The predicted molar refractivity (Wildman–Crippen MR) is 96.1 cm³/mol. The Hall–Kier alpha value is -0.650. The number of amides is 1. The fourth-order valence-electron chi connectivity index (χ4n) is 4.42. The number of hydrogen-bond donors (Lipinski definition) is 1. The molecule has 3 saturated heterocycles. The van der Waals surface area contributed by atoms with Gasteiger partial charge in [0.15, 0.2) is 0 Å². The van der Waals surface area contributed by atoms with Gasteiger partial charge in [0.2, 0.25) is 5.91 Å². The number of rotatable bonds is 6. The maximum atomic E-state index is 12.2. The first-order valence-corrected chi connectivity index (χ1v) is 10.1. The Morgan fingerprint density at radius 3 is 2.50 bits per heavy atom. The number of carbonyl (C=O) groups excluding carboxylic acids is 1. The van der Waals surface area contributed by atoms with Crippen LogP contribution in [-0.2, 0) is 9.53 Å². The molecule has 3 heterocycles. The molecule has 5 heteroatoms. The molecule has 0 spiro atoms. The normalized spacial score (nSPS) is 30.2. The number of ether oxygens (including phenoxy) is 1. The van der Waals surface area contributed by atoms with E-state index < -0.39 is 0 Å². The number of carbonyl (C=O) groups is 1. The molecule has 0 radical (unpaired) electrons. The molecule has 24 heavy (non-hydrogen) atoms. The molecule has 5 nitrogen and oxygen atoms in total. The summed E-state index contributed by atoms with van der Waals surface area (Å²) >= 11 is 0. The van der Waals surface area contributed by atoms with Gasteiger partial charge in [0.05, 0.1) is 12.6 Å². The van der Waals surface area contributed by atoms with Crippen LogP contribution in [-0.4, -0.2) is 74.2 Å². The summed E-state index contributed by atoms with van der Waals surface area (Å²) in [6.07, 6.45) is 10.5. The van der Waals surface area contributed by atoms with Crippen LogP contribution in [0.25, 0.3) is 0 Å². The number of piperidine rings is 1. The zero-order chi connectivity index (χ0) is 16.6. The molecule has 2 atom stereocenters. The van der Waals surface area contributed by atoms with Gasteiger partial charge in [-0.15, -0.1) is 0 Å². The summed E-state index contributed by atoms with van der Waals surface area (Å²) in [7, 11) is 0. The van der Waals surface area contributed by atoms with Crippen molar-refractivity contribution in [2.75, 3.05) is 52.4 Å². The topological polar surface area (TPSA) is 44.8 Å². The van der Waals surface area contributed by atoms with Gasteiger partial charge < -0.3 is 15.0 Å². The minimum atomic E-state index is 0.168. The molecule has 0 bridgehead atoms. The minimum absolute atomic E-state index is 0.168. The van der Waals surface area contributed by atoms with Crippen molar-refractivity contribution < 1.29 is 9.53 Å². The number of nitrogens with zero attached hydrogens (tertiary/aromatic N) is 2. The lowest BCUT2D eigenvalue weighted by Gasteiger charge is -2.35. The standard InChI is InChI=1S/C19H35N3O2/c23-19(20-13-18-8-6-12-24-18)16-22-11-5-7-17(15-22)14-21-9-3-1-2-4-10-21/h17-18H,1-16H2,(H,20,23)/t17-,18+/m0/s1. The lowest BCUT2D eigenvalue weighted by Crippen LogP contribution is -2.46. The van der Waals surface area contributed by atoms with Crippen molar-refractivity contribution in [3.05, 3.63) is 0 Å². The molecule has 3 rings (SSSR count). The first-order chi connectivity index (χ1) is 11.8. The van der Waals surface area contributed by atoms with E-state index in [-0.39, 0.29) is 12.0 Å². The van der Waals surface area contributed by atoms with E-state index in [4.69, 9.17) is 4.74 Å². The SMILES string of the molecule is O=C(CN1CCC[C@@H](CN2CCCCCC2)C1)NC[C@H]1CCCO1. The largest absolute Gasteiger partial charge is 0.376 e. The van der Waals surface area contributed by atoms with Gasteiger partial charge in [-0.2, -0.15) is 0 Å². The maximum Gasteiger partial charge on any atom is 0.234 e. The van der Waals surface area contributed by atoms with E-state index in [0.717, 1.165) is 38.5 Å². The minimum Gasteiger partial charge on any atom is -0.376 e. The van der Waals surface area contributed by atoms with Crippen LogP contribution in [0.5, 0.6) is 0 Å². The van der Waals surface area contributed by atoms with Crippen molar-refractivity contribution in [2.24, 2.45) is 5.92 Å². The van der Waals surface area contributed by atoms with Crippen LogP contribution < -0.4 is 5.32 Å². The third-order valence-corrected chi connectivity index (χ3v) is 5.74. The highest BCUT2D eigenvalue weighted by atomic mass is 16.5. The Labute approximate surface area is 147 Å². The highest BCUT2D eigenvalue weighted by Gasteiger charge is 2.24. The second kappa shape index (κ2) is 9.73. The van der Waals surface area contributed by atoms with E-state index in [1.165, 1.54) is 58.2 Å². The third-order valence-electron chi connectivity index (χ3n) is 5.74. The van der Waals surface area contributed by atoms with Crippen molar-refractivity contribution in [3.8, 4) is 0 Å². The van der Waals surface area contributed by atoms with Gasteiger partial charge in [-0.05, 0) is 64.1 Å². The molecule has 0 saturated carbocycles. The van der Waals surface area contributed by atoms with Crippen molar-refractivity contribution in [1.29, 1.82) is 0 Å². The summed E-state index contributed by atoms with van der Waals surface area (Å²) in [5.41, 5.74) is 0. The number of likely N-dealkylation sites (tertiary alicyclic amines) is 2. The summed E-state index contributed by atoms with van der Waals surface area (Å²) in [5.74, 6) is 0.906. The molecule has 0 aliphatic carbocycles. The summed E-state index contributed by atoms with van der Waals surface area (Å²) in [6.45, 7) is 8.04. The summed E-state index contributed by atoms with van der Waals surface area (Å²) < 4.78 is 5.57. The Morgan fingerprint density at radius 2 is 1.75 bits per heavy atom. The van der Waals surface area contributed by atoms with E-state index in [2.05, 4.69) is 15.1 Å².